The molecule has 0 radical (unpaired) electrons. The third-order valence-electron chi connectivity index (χ3n) is 4.93. The Bertz CT molecular complexity index is 1230. The third-order valence-corrected chi connectivity index (χ3v) is 5.34. The highest BCUT2D eigenvalue weighted by molar-refractivity contribution is 6.40. The molecule has 1 saturated heterocycles. The summed E-state index contributed by atoms with van der Waals surface area (Å²) in [5, 5.41) is 2.59. The molecule has 7 nitrogen and oxygen atoms in total. The van der Waals surface area contributed by atoms with Gasteiger partial charge in [0.25, 0.3) is 11.8 Å². The number of allylic oxidation sites excluding steroid dienone is 1. The molecule has 0 aromatic heterocycles. The van der Waals surface area contributed by atoms with Crippen molar-refractivity contribution >= 4 is 41.2 Å². The van der Waals surface area contributed by atoms with Crippen molar-refractivity contribution in [2.45, 2.75) is 13.3 Å². The second-order valence-corrected chi connectivity index (χ2v) is 7.45. The summed E-state index contributed by atoms with van der Waals surface area (Å²) in [6.07, 6.45) is 8.79. The first-order valence-electron chi connectivity index (χ1n) is 9.87. The first kappa shape index (κ1) is 23.6. The molecular weight excluding hydrogens is 444 g/mol. The minimum absolute atomic E-state index is 0.0396. The SMILES string of the molecule is C#CCOc1c(CC=C)cc(/C=C2\C(=O)NC(=O)N(c3cccc(Cl)c3C)C2=O)cc1OC. The van der Waals surface area contributed by atoms with Gasteiger partial charge in [0.15, 0.2) is 11.5 Å². The number of anilines is 1. The highest BCUT2D eigenvalue weighted by Crippen LogP contribution is 2.35. The van der Waals surface area contributed by atoms with E-state index in [4.69, 9.17) is 27.5 Å². The minimum atomic E-state index is -0.851. The largest absolute Gasteiger partial charge is 0.493 e. The topological polar surface area (TPSA) is 84.9 Å². The Labute approximate surface area is 196 Å². The maximum absolute atomic E-state index is 13.2. The number of halogens is 1. The van der Waals surface area contributed by atoms with E-state index in [-0.39, 0.29) is 17.9 Å². The normalized spacial score (nSPS) is 14.7. The van der Waals surface area contributed by atoms with Gasteiger partial charge in [0, 0.05) is 10.6 Å². The number of hydrogen-bond acceptors (Lipinski definition) is 5. The number of nitrogens with zero attached hydrogens (tertiary/aromatic N) is 1. The molecule has 1 aliphatic rings. The lowest BCUT2D eigenvalue weighted by atomic mass is 10.0. The number of carbonyl (C=O) groups excluding carboxylic acids is 3. The van der Waals surface area contributed by atoms with Gasteiger partial charge in [-0.3, -0.25) is 14.9 Å². The molecule has 33 heavy (non-hydrogen) atoms. The van der Waals surface area contributed by atoms with Crippen LogP contribution in [0.1, 0.15) is 16.7 Å². The van der Waals surface area contributed by atoms with Gasteiger partial charge < -0.3 is 9.47 Å². The summed E-state index contributed by atoms with van der Waals surface area (Å²) in [6.45, 7) is 5.46. The predicted octanol–water partition coefficient (Wildman–Crippen LogP) is 4.06. The predicted molar refractivity (Wildman–Crippen MR) is 126 cm³/mol. The van der Waals surface area contributed by atoms with Crippen LogP contribution in [0.5, 0.6) is 11.5 Å². The van der Waals surface area contributed by atoms with Crippen LogP contribution < -0.4 is 19.7 Å². The molecule has 0 unspecified atom stereocenters. The average molecular weight is 465 g/mol. The lowest BCUT2D eigenvalue weighted by Crippen LogP contribution is -2.54. The van der Waals surface area contributed by atoms with Gasteiger partial charge in [0.2, 0.25) is 0 Å². The van der Waals surface area contributed by atoms with E-state index < -0.39 is 17.8 Å². The molecule has 0 aliphatic carbocycles. The number of benzene rings is 2. The Morgan fingerprint density at radius 3 is 2.70 bits per heavy atom. The van der Waals surface area contributed by atoms with Crippen molar-refractivity contribution in [1.82, 2.24) is 5.32 Å². The fraction of sp³-hybridized carbons (Fsp3) is 0.160. The molecule has 3 rings (SSSR count). The van der Waals surface area contributed by atoms with Crippen LogP contribution in [-0.2, 0) is 16.0 Å². The van der Waals surface area contributed by atoms with Gasteiger partial charge in [-0.05, 0) is 54.8 Å². The van der Waals surface area contributed by atoms with E-state index in [1.165, 1.54) is 13.2 Å². The van der Waals surface area contributed by atoms with E-state index in [1.54, 1.807) is 43.3 Å². The van der Waals surface area contributed by atoms with Gasteiger partial charge in [-0.1, -0.05) is 29.7 Å². The quantitative estimate of drug-likeness (QED) is 0.289. The van der Waals surface area contributed by atoms with Crippen molar-refractivity contribution in [2.75, 3.05) is 18.6 Å². The Hall–Kier alpha value is -4.02. The van der Waals surface area contributed by atoms with Crippen LogP contribution in [0, 0.1) is 19.3 Å². The minimum Gasteiger partial charge on any atom is -0.493 e. The molecule has 0 spiro atoms. The lowest BCUT2D eigenvalue weighted by Gasteiger charge is -2.27. The van der Waals surface area contributed by atoms with E-state index in [0.717, 1.165) is 4.90 Å². The first-order valence-corrected chi connectivity index (χ1v) is 10.2. The van der Waals surface area contributed by atoms with Crippen LogP contribution in [0.3, 0.4) is 0 Å². The molecule has 0 atom stereocenters. The Balaban J connectivity index is 2.10. The molecule has 4 amide bonds. The van der Waals surface area contributed by atoms with Gasteiger partial charge in [-0.2, -0.15) is 0 Å². The molecule has 1 heterocycles. The summed E-state index contributed by atoms with van der Waals surface area (Å²) >= 11 is 6.16. The maximum atomic E-state index is 13.2. The van der Waals surface area contributed by atoms with Crippen LogP contribution >= 0.6 is 11.6 Å². The summed E-state index contributed by atoms with van der Waals surface area (Å²) in [4.78, 5) is 39.2. The standard InChI is InChI=1S/C25H21ClN2O5/c1-5-8-17-12-16(14-21(32-4)22(17)33-11-6-2)13-18-23(29)27-25(31)28(24(18)30)20-10-7-9-19(26)15(20)3/h2,5,7,9-10,12-14H,1,8,11H2,3-4H3,(H,27,29,31)/b18-13+. The smallest absolute Gasteiger partial charge is 0.335 e. The molecule has 1 N–H and O–H groups in total. The number of ether oxygens (including phenoxy) is 2. The zero-order chi connectivity index (χ0) is 24.1. The van der Waals surface area contributed by atoms with Crippen LogP contribution in [0.15, 0.2) is 48.6 Å². The number of methoxy groups -OCH3 is 1. The van der Waals surface area contributed by atoms with E-state index in [0.29, 0.717) is 39.6 Å². The van der Waals surface area contributed by atoms with Crippen LogP contribution in [0.2, 0.25) is 5.02 Å². The number of nitrogens with one attached hydrogen (secondary N) is 1. The Morgan fingerprint density at radius 2 is 2.03 bits per heavy atom. The van der Waals surface area contributed by atoms with Crippen molar-refractivity contribution in [3.8, 4) is 23.8 Å². The van der Waals surface area contributed by atoms with Gasteiger partial charge in [-0.15, -0.1) is 13.0 Å². The van der Waals surface area contributed by atoms with Crippen LogP contribution in [0.25, 0.3) is 6.08 Å². The van der Waals surface area contributed by atoms with Crippen molar-refractivity contribution in [3.05, 3.63) is 70.3 Å². The first-order chi connectivity index (χ1) is 15.8. The van der Waals surface area contributed by atoms with E-state index in [2.05, 4.69) is 17.8 Å². The van der Waals surface area contributed by atoms with Crippen molar-refractivity contribution in [1.29, 1.82) is 0 Å². The molecule has 2 aromatic carbocycles. The number of urea groups is 1. The molecule has 8 heteroatoms. The zero-order valence-electron chi connectivity index (χ0n) is 18.1. The summed E-state index contributed by atoms with van der Waals surface area (Å²) in [7, 11) is 1.47. The van der Waals surface area contributed by atoms with E-state index in [9.17, 15) is 14.4 Å². The number of hydrogen-bond donors (Lipinski definition) is 1. The van der Waals surface area contributed by atoms with Crippen molar-refractivity contribution in [3.63, 3.8) is 0 Å². The summed E-state index contributed by atoms with van der Waals surface area (Å²) < 4.78 is 11.0. The van der Waals surface area contributed by atoms with Gasteiger partial charge >= 0.3 is 6.03 Å². The van der Waals surface area contributed by atoms with Crippen LogP contribution in [0.4, 0.5) is 10.5 Å². The fourth-order valence-electron chi connectivity index (χ4n) is 3.38. The van der Waals surface area contributed by atoms with Crippen molar-refractivity contribution in [2.24, 2.45) is 0 Å². The summed E-state index contributed by atoms with van der Waals surface area (Å²) in [5.74, 6) is 1.64. The molecule has 0 saturated carbocycles. The molecular formula is C25H21ClN2O5. The Kier molecular flexibility index (Phi) is 7.21. The molecule has 2 aromatic rings. The van der Waals surface area contributed by atoms with Gasteiger partial charge in [-0.25, -0.2) is 9.69 Å². The number of amides is 4. The second-order valence-electron chi connectivity index (χ2n) is 7.04. The van der Waals surface area contributed by atoms with E-state index >= 15 is 0 Å². The van der Waals surface area contributed by atoms with Gasteiger partial charge in [0.1, 0.15) is 12.2 Å². The molecule has 0 bridgehead atoms. The second kappa shape index (κ2) is 10.1. The Morgan fingerprint density at radius 1 is 1.27 bits per heavy atom. The lowest BCUT2D eigenvalue weighted by molar-refractivity contribution is -0.122. The van der Waals surface area contributed by atoms with Crippen molar-refractivity contribution < 1.29 is 23.9 Å². The highest BCUT2D eigenvalue weighted by atomic mass is 35.5. The van der Waals surface area contributed by atoms with Gasteiger partial charge in [0.05, 0.1) is 12.8 Å². The molecule has 1 fully saturated rings. The number of imide groups is 2. The highest BCUT2D eigenvalue weighted by Gasteiger charge is 2.37. The van der Waals surface area contributed by atoms with Crippen LogP contribution in [-0.4, -0.2) is 31.6 Å². The number of carbonyl (C=O) groups is 3. The zero-order valence-corrected chi connectivity index (χ0v) is 18.9. The summed E-state index contributed by atoms with van der Waals surface area (Å²) in [5.41, 5.74) is 1.78. The number of barbiturate groups is 1. The molecule has 168 valence electrons. The monoisotopic (exact) mass is 464 g/mol. The number of terminal acetylenes is 1. The third kappa shape index (κ3) is 4.76. The maximum Gasteiger partial charge on any atom is 0.335 e. The molecule has 1 aliphatic heterocycles. The number of rotatable bonds is 7. The van der Waals surface area contributed by atoms with E-state index in [1.807, 2.05) is 0 Å². The summed E-state index contributed by atoms with van der Waals surface area (Å²) in [6, 6.07) is 7.33. The average Bonchev–Trinajstić information content (AvgIpc) is 2.78. The fourth-order valence-corrected chi connectivity index (χ4v) is 3.55.